The first-order valence-electron chi connectivity index (χ1n) is 8.29. The second-order valence-electron chi connectivity index (χ2n) is 6.86. The van der Waals surface area contributed by atoms with E-state index in [2.05, 4.69) is 15.5 Å². The standard InChI is InChI=1S/C17H26N2O2S2/c1-13(2)23(20,21)17-6-4-5-14(9-17)10-18-11-15-7-8-16(12-18)19(15)22-3/h4-6,9,13,15-16H,7-8,10-12H2,1-3H3. The maximum Gasteiger partial charge on any atom is 0.180 e. The average molecular weight is 355 g/mol. The molecule has 128 valence electrons. The van der Waals surface area contributed by atoms with Crippen LogP contribution in [0.5, 0.6) is 0 Å². The predicted molar refractivity (Wildman–Crippen MR) is 96.2 cm³/mol. The van der Waals surface area contributed by atoms with Crippen molar-refractivity contribution in [3.8, 4) is 0 Å². The Bertz CT molecular complexity index is 646. The number of likely N-dealkylation sites (tertiary alicyclic amines) is 1. The van der Waals surface area contributed by atoms with Crippen molar-refractivity contribution in [2.75, 3.05) is 19.3 Å². The van der Waals surface area contributed by atoms with Crippen LogP contribution in [0.15, 0.2) is 29.2 Å². The van der Waals surface area contributed by atoms with Gasteiger partial charge in [-0.15, -0.1) is 0 Å². The summed E-state index contributed by atoms with van der Waals surface area (Å²) in [6.45, 7) is 6.48. The van der Waals surface area contributed by atoms with Gasteiger partial charge >= 0.3 is 0 Å². The summed E-state index contributed by atoms with van der Waals surface area (Å²) >= 11 is 1.87. The fourth-order valence-electron chi connectivity index (χ4n) is 3.73. The van der Waals surface area contributed by atoms with E-state index in [1.807, 2.05) is 30.1 Å². The van der Waals surface area contributed by atoms with Gasteiger partial charge < -0.3 is 0 Å². The Morgan fingerprint density at radius 3 is 2.43 bits per heavy atom. The summed E-state index contributed by atoms with van der Waals surface area (Å²) in [6.07, 6.45) is 4.73. The number of fused-ring (bicyclic) bond motifs is 2. The highest BCUT2D eigenvalue weighted by Gasteiger charge is 2.39. The number of rotatable bonds is 5. The number of sulfone groups is 1. The van der Waals surface area contributed by atoms with Gasteiger partial charge in [-0.1, -0.05) is 24.1 Å². The third kappa shape index (κ3) is 3.45. The van der Waals surface area contributed by atoms with Gasteiger partial charge in [0, 0.05) is 31.7 Å². The Balaban J connectivity index is 1.73. The van der Waals surface area contributed by atoms with Crippen LogP contribution in [0.25, 0.3) is 0 Å². The van der Waals surface area contributed by atoms with Crippen molar-refractivity contribution in [2.24, 2.45) is 0 Å². The van der Waals surface area contributed by atoms with Gasteiger partial charge in [0.1, 0.15) is 0 Å². The van der Waals surface area contributed by atoms with Crippen molar-refractivity contribution in [3.05, 3.63) is 29.8 Å². The minimum atomic E-state index is -3.19. The van der Waals surface area contributed by atoms with Gasteiger partial charge in [0.25, 0.3) is 0 Å². The molecule has 0 amide bonds. The van der Waals surface area contributed by atoms with E-state index in [-0.39, 0.29) is 5.25 Å². The molecule has 2 heterocycles. The van der Waals surface area contributed by atoms with Crippen LogP contribution in [0.2, 0.25) is 0 Å². The van der Waals surface area contributed by atoms with Gasteiger partial charge in [0.2, 0.25) is 0 Å². The Kier molecular flexibility index (Phi) is 5.06. The zero-order valence-corrected chi connectivity index (χ0v) is 15.7. The quantitative estimate of drug-likeness (QED) is 0.761. The van der Waals surface area contributed by atoms with Gasteiger partial charge in [-0.05, 0) is 50.6 Å². The summed E-state index contributed by atoms with van der Waals surface area (Å²) in [7, 11) is -3.19. The molecule has 2 aliphatic rings. The molecule has 6 heteroatoms. The van der Waals surface area contributed by atoms with Gasteiger partial charge in [-0.25, -0.2) is 12.7 Å². The lowest BCUT2D eigenvalue weighted by Gasteiger charge is -2.39. The second kappa shape index (κ2) is 6.75. The van der Waals surface area contributed by atoms with Gasteiger partial charge in [0.05, 0.1) is 10.1 Å². The number of hydrogen-bond acceptors (Lipinski definition) is 5. The van der Waals surface area contributed by atoms with Gasteiger partial charge in [0.15, 0.2) is 9.84 Å². The van der Waals surface area contributed by atoms with E-state index in [1.165, 1.54) is 12.8 Å². The van der Waals surface area contributed by atoms with E-state index in [1.54, 1.807) is 19.9 Å². The molecule has 2 aliphatic heterocycles. The van der Waals surface area contributed by atoms with E-state index in [4.69, 9.17) is 0 Å². The first kappa shape index (κ1) is 17.3. The fraction of sp³-hybridized carbons (Fsp3) is 0.647. The largest absolute Gasteiger partial charge is 0.296 e. The zero-order valence-electron chi connectivity index (χ0n) is 14.1. The average Bonchev–Trinajstić information content (AvgIpc) is 2.77. The molecule has 23 heavy (non-hydrogen) atoms. The monoisotopic (exact) mass is 354 g/mol. The molecule has 4 nitrogen and oxygen atoms in total. The highest BCUT2D eigenvalue weighted by molar-refractivity contribution is 7.96. The molecule has 1 aromatic carbocycles. The van der Waals surface area contributed by atoms with Crippen LogP contribution in [-0.2, 0) is 16.4 Å². The van der Waals surface area contributed by atoms with Crippen molar-refractivity contribution in [1.82, 2.24) is 9.21 Å². The molecule has 3 rings (SSSR count). The maximum atomic E-state index is 12.3. The van der Waals surface area contributed by atoms with Crippen LogP contribution in [0.1, 0.15) is 32.3 Å². The molecule has 2 bridgehead atoms. The normalized spacial score (nSPS) is 26.1. The molecule has 1 aromatic rings. The molecule has 0 spiro atoms. The molecular formula is C17H26N2O2S2. The molecule has 2 fully saturated rings. The van der Waals surface area contributed by atoms with Crippen LogP contribution in [-0.4, -0.2) is 54.3 Å². The molecular weight excluding hydrogens is 328 g/mol. The van der Waals surface area contributed by atoms with E-state index >= 15 is 0 Å². The molecule has 0 aromatic heterocycles. The van der Waals surface area contributed by atoms with E-state index in [9.17, 15) is 8.42 Å². The summed E-state index contributed by atoms with van der Waals surface area (Å²) in [5.41, 5.74) is 1.10. The lowest BCUT2D eigenvalue weighted by atomic mass is 10.1. The highest BCUT2D eigenvalue weighted by atomic mass is 32.2. The molecule has 0 N–H and O–H groups in total. The highest BCUT2D eigenvalue weighted by Crippen LogP contribution is 2.35. The van der Waals surface area contributed by atoms with Crippen LogP contribution < -0.4 is 0 Å². The lowest BCUT2D eigenvalue weighted by Crippen LogP contribution is -2.50. The summed E-state index contributed by atoms with van der Waals surface area (Å²) in [4.78, 5) is 2.94. The topological polar surface area (TPSA) is 40.6 Å². The predicted octanol–water partition coefficient (Wildman–Crippen LogP) is 2.80. The molecule has 2 unspecified atom stereocenters. The van der Waals surface area contributed by atoms with Crippen LogP contribution in [0.3, 0.4) is 0 Å². The summed E-state index contributed by atoms with van der Waals surface area (Å²) in [5, 5.41) is -0.376. The minimum Gasteiger partial charge on any atom is -0.296 e. The maximum absolute atomic E-state index is 12.3. The minimum absolute atomic E-state index is 0.376. The van der Waals surface area contributed by atoms with E-state index < -0.39 is 9.84 Å². The zero-order chi connectivity index (χ0) is 16.6. The molecule has 0 aliphatic carbocycles. The summed E-state index contributed by atoms with van der Waals surface area (Å²) in [5.74, 6) is 0. The van der Waals surface area contributed by atoms with E-state index in [0.29, 0.717) is 17.0 Å². The number of piperazine rings is 1. The molecule has 2 saturated heterocycles. The van der Waals surface area contributed by atoms with Crippen LogP contribution in [0, 0.1) is 0 Å². The third-order valence-electron chi connectivity index (χ3n) is 4.96. The summed E-state index contributed by atoms with van der Waals surface area (Å²) < 4.78 is 27.3. The summed E-state index contributed by atoms with van der Waals surface area (Å²) in [6, 6.07) is 8.78. The smallest absolute Gasteiger partial charge is 0.180 e. The van der Waals surface area contributed by atoms with Gasteiger partial charge in [-0.3, -0.25) is 4.90 Å². The number of hydrogen-bond donors (Lipinski definition) is 0. The third-order valence-corrected chi connectivity index (χ3v) is 8.13. The van der Waals surface area contributed by atoms with Crippen molar-refractivity contribution in [3.63, 3.8) is 0 Å². The number of nitrogens with zero attached hydrogens (tertiary/aromatic N) is 2. The van der Waals surface area contributed by atoms with Crippen molar-refractivity contribution >= 4 is 21.8 Å². The second-order valence-corrected chi connectivity index (χ2v) is 10.2. The SMILES string of the molecule is CSN1C2CCC1CN(Cc1cccc(S(=O)(=O)C(C)C)c1)C2. The van der Waals surface area contributed by atoms with Gasteiger partial charge in [-0.2, -0.15) is 0 Å². The molecule has 0 radical (unpaired) electrons. The number of benzene rings is 1. The van der Waals surface area contributed by atoms with Crippen molar-refractivity contribution < 1.29 is 8.42 Å². The molecule has 0 saturated carbocycles. The van der Waals surface area contributed by atoms with Crippen LogP contribution >= 0.6 is 11.9 Å². The first-order chi connectivity index (χ1) is 10.9. The van der Waals surface area contributed by atoms with Crippen molar-refractivity contribution in [2.45, 2.75) is 55.5 Å². The lowest BCUT2D eigenvalue weighted by molar-refractivity contribution is 0.132. The first-order valence-corrected chi connectivity index (χ1v) is 11.0. The Morgan fingerprint density at radius 2 is 1.87 bits per heavy atom. The Labute approximate surface area is 144 Å². The van der Waals surface area contributed by atoms with E-state index in [0.717, 1.165) is 25.2 Å². The van der Waals surface area contributed by atoms with Crippen molar-refractivity contribution in [1.29, 1.82) is 0 Å². The Morgan fingerprint density at radius 1 is 1.22 bits per heavy atom. The Hall–Kier alpha value is -0.560. The van der Waals surface area contributed by atoms with Crippen LogP contribution in [0.4, 0.5) is 0 Å². The molecule has 2 atom stereocenters. The fourth-order valence-corrected chi connectivity index (χ4v) is 5.80.